The monoisotopic (exact) mass is 474 g/mol. The maximum Gasteiger partial charge on any atom is 0.321 e. The highest BCUT2D eigenvalue weighted by Crippen LogP contribution is 2.39. The van der Waals surface area contributed by atoms with Crippen LogP contribution >= 0.6 is 11.3 Å². The van der Waals surface area contributed by atoms with Crippen molar-refractivity contribution in [2.45, 2.75) is 19.8 Å². The van der Waals surface area contributed by atoms with Gasteiger partial charge < -0.3 is 10.1 Å². The molecular formula is C22H26N4O4S2. The molecule has 0 atom stereocenters. The van der Waals surface area contributed by atoms with Crippen LogP contribution in [-0.4, -0.2) is 39.3 Å². The average Bonchev–Trinajstić information content (AvgIpc) is 3.17. The lowest BCUT2D eigenvalue weighted by Gasteiger charge is -2.07. The van der Waals surface area contributed by atoms with E-state index in [9.17, 15) is 13.2 Å². The zero-order chi connectivity index (χ0) is 23.1. The van der Waals surface area contributed by atoms with Gasteiger partial charge in [-0.05, 0) is 48.4 Å². The van der Waals surface area contributed by atoms with E-state index in [1.165, 1.54) is 11.3 Å². The maximum atomic E-state index is 12.2. The Balaban J connectivity index is 1.93. The molecule has 3 rings (SSSR count). The number of carbonyl (C=O) groups is 1. The van der Waals surface area contributed by atoms with Gasteiger partial charge in [-0.25, -0.2) is 18.2 Å². The van der Waals surface area contributed by atoms with Crippen molar-refractivity contribution in [2.75, 3.05) is 29.9 Å². The van der Waals surface area contributed by atoms with E-state index in [1.807, 2.05) is 36.4 Å². The fourth-order valence-corrected chi connectivity index (χ4v) is 4.49. The van der Waals surface area contributed by atoms with E-state index in [0.717, 1.165) is 40.9 Å². The maximum absolute atomic E-state index is 12.2. The summed E-state index contributed by atoms with van der Waals surface area (Å²) in [6.45, 7) is 2.66. The molecule has 2 aromatic carbocycles. The number of aromatic nitrogens is 1. The number of hydrogen-bond donors (Lipinski definition) is 3. The number of thiazole rings is 1. The van der Waals surface area contributed by atoms with Gasteiger partial charge in [-0.3, -0.25) is 10.0 Å². The number of rotatable bonds is 9. The predicted molar refractivity (Wildman–Crippen MR) is 130 cm³/mol. The summed E-state index contributed by atoms with van der Waals surface area (Å²) in [6.07, 6.45) is 3.00. The van der Waals surface area contributed by atoms with Crippen molar-refractivity contribution in [3.05, 3.63) is 48.5 Å². The van der Waals surface area contributed by atoms with Crippen LogP contribution < -0.4 is 20.1 Å². The number of anilines is 2. The number of nitrogens with zero attached hydrogens (tertiary/aromatic N) is 1. The van der Waals surface area contributed by atoms with Gasteiger partial charge in [0.15, 0.2) is 5.13 Å². The molecule has 3 aromatic rings. The second kappa shape index (κ2) is 10.5. The summed E-state index contributed by atoms with van der Waals surface area (Å²) in [5.74, 6) is 0.732. The van der Waals surface area contributed by atoms with Crippen molar-refractivity contribution in [1.29, 1.82) is 0 Å². The summed E-state index contributed by atoms with van der Waals surface area (Å²) in [7, 11) is -1.75. The molecule has 0 fully saturated rings. The number of urea groups is 1. The van der Waals surface area contributed by atoms with Crippen molar-refractivity contribution in [3.8, 4) is 27.4 Å². The number of methoxy groups -OCH3 is 1. The molecule has 0 aliphatic carbocycles. The second-order valence-electron chi connectivity index (χ2n) is 7.11. The van der Waals surface area contributed by atoms with Gasteiger partial charge in [0.25, 0.3) is 0 Å². The SMILES string of the molecule is CCCCNC(=O)Nc1nc(-c2ccc(OC)cc2)c(-c2ccc(NS(C)(=O)=O)cc2)s1. The first-order chi connectivity index (χ1) is 15.3. The number of sulfonamides is 1. The number of amides is 2. The molecule has 32 heavy (non-hydrogen) atoms. The number of hydrogen-bond acceptors (Lipinski definition) is 6. The number of carbonyl (C=O) groups excluding carboxylic acids is 1. The average molecular weight is 475 g/mol. The molecule has 0 spiro atoms. The van der Waals surface area contributed by atoms with Gasteiger partial charge in [-0.1, -0.05) is 36.8 Å². The molecule has 1 aromatic heterocycles. The highest BCUT2D eigenvalue weighted by atomic mass is 32.2. The fraction of sp³-hybridized carbons (Fsp3) is 0.273. The van der Waals surface area contributed by atoms with E-state index in [2.05, 4.69) is 27.3 Å². The smallest absolute Gasteiger partial charge is 0.321 e. The van der Waals surface area contributed by atoms with Gasteiger partial charge in [0.2, 0.25) is 10.0 Å². The van der Waals surface area contributed by atoms with E-state index < -0.39 is 10.0 Å². The van der Waals surface area contributed by atoms with Gasteiger partial charge in [-0.15, -0.1) is 0 Å². The minimum absolute atomic E-state index is 0.298. The molecule has 0 radical (unpaired) electrons. The molecule has 2 amide bonds. The van der Waals surface area contributed by atoms with E-state index in [4.69, 9.17) is 4.74 Å². The number of benzene rings is 2. The van der Waals surface area contributed by atoms with Crippen LogP contribution in [0.25, 0.3) is 21.7 Å². The molecule has 0 saturated heterocycles. The molecule has 0 bridgehead atoms. The van der Waals surface area contributed by atoms with E-state index in [0.29, 0.717) is 23.1 Å². The van der Waals surface area contributed by atoms with Crippen LogP contribution in [0.5, 0.6) is 5.75 Å². The summed E-state index contributed by atoms with van der Waals surface area (Å²) >= 11 is 1.35. The lowest BCUT2D eigenvalue weighted by Crippen LogP contribution is -2.29. The van der Waals surface area contributed by atoms with Gasteiger partial charge in [0.05, 0.1) is 23.9 Å². The molecular weight excluding hydrogens is 448 g/mol. The van der Waals surface area contributed by atoms with Crippen LogP contribution in [-0.2, 0) is 10.0 Å². The molecule has 0 aliphatic rings. The zero-order valence-corrected chi connectivity index (χ0v) is 19.8. The Hall–Kier alpha value is -3.11. The molecule has 0 unspecified atom stereocenters. The Labute approximate surface area is 192 Å². The number of nitrogens with one attached hydrogen (secondary N) is 3. The quantitative estimate of drug-likeness (QED) is 0.387. The number of unbranched alkanes of at least 4 members (excludes halogenated alkanes) is 1. The third-order valence-corrected chi connectivity index (χ3v) is 6.10. The Morgan fingerprint density at radius 1 is 1.06 bits per heavy atom. The Bertz CT molecular complexity index is 1160. The second-order valence-corrected chi connectivity index (χ2v) is 9.86. The largest absolute Gasteiger partial charge is 0.497 e. The van der Waals surface area contributed by atoms with Crippen LogP contribution in [0.15, 0.2) is 48.5 Å². The van der Waals surface area contributed by atoms with Gasteiger partial charge >= 0.3 is 6.03 Å². The molecule has 8 nitrogen and oxygen atoms in total. The highest BCUT2D eigenvalue weighted by molar-refractivity contribution is 7.92. The highest BCUT2D eigenvalue weighted by Gasteiger charge is 2.17. The van der Waals surface area contributed by atoms with Crippen molar-refractivity contribution in [1.82, 2.24) is 10.3 Å². The molecule has 170 valence electrons. The third kappa shape index (κ3) is 6.44. The first-order valence-electron chi connectivity index (χ1n) is 10.1. The first-order valence-corrected chi connectivity index (χ1v) is 12.8. The van der Waals surface area contributed by atoms with Crippen LogP contribution in [0.2, 0.25) is 0 Å². The minimum Gasteiger partial charge on any atom is -0.497 e. The molecule has 0 saturated carbocycles. The molecule has 0 aliphatic heterocycles. The summed E-state index contributed by atoms with van der Waals surface area (Å²) in [5, 5.41) is 6.10. The summed E-state index contributed by atoms with van der Waals surface area (Å²) < 4.78 is 30.6. The standard InChI is InChI=1S/C22H26N4O4S2/c1-4-5-14-23-21(27)25-22-24-19(15-8-12-18(30-2)13-9-15)20(31-22)16-6-10-17(11-7-16)26-32(3,28)29/h6-13,26H,4-5,14H2,1-3H3,(H2,23,24,25,27). The van der Waals surface area contributed by atoms with Crippen LogP contribution in [0, 0.1) is 0 Å². The van der Waals surface area contributed by atoms with Gasteiger partial charge in [0, 0.05) is 17.8 Å². The lowest BCUT2D eigenvalue weighted by atomic mass is 10.1. The van der Waals surface area contributed by atoms with Crippen LogP contribution in [0.3, 0.4) is 0 Å². The lowest BCUT2D eigenvalue weighted by molar-refractivity contribution is 0.252. The summed E-state index contributed by atoms with van der Waals surface area (Å²) in [5.41, 5.74) is 2.91. The minimum atomic E-state index is -3.36. The molecule has 1 heterocycles. The van der Waals surface area contributed by atoms with Crippen molar-refractivity contribution in [3.63, 3.8) is 0 Å². The Kier molecular flexibility index (Phi) is 7.70. The molecule has 3 N–H and O–H groups in total. The Morgan fingerprint density at radius 2 is 1.72 bits per heavy atom. The summed E-state index contributed by atoms with van der Waals surface area (Å²) in [6, 6.07) is 14.2. The van der Waals surface area contributed by atoms with E-state index in [-0.39, 0.29) is 6.03 Å². The fourth-order valence-electron chi connectivity index (χ4n) is 2.94. The van der Waals surface area contributed by atoms with Crippen LogP contribution in [0.1, 0.15) is 19.8 Å². The third-order valence-electron chi connectivity index (χ3n) is 4.48. The number of ether oxygens (including phenoxy) is 1. The van der Waals surface area contributed by atoms with Crippen molar-refractivity contribution < 1.29 is 17.9 Å². The summed E-state index contributed by atoms with van der Waals surface area (Å²) in [4.78, 5) is 17.7. The van der Waals surface area contributed by atoms with Crippen molar-refractivity contribution >= 4 is 38.2 Å². The molecule has 10 heteroatoms. The first kappa shape index (κ1) is 23.6. The van der Waals surface area contributed by atoms with E-state index >= 15 is 0 Å². The topological polar surface area (TPSA) is 109 Å². The van der Waals surface area contributed by atoms with Crippen molar-refractivity contribution in [2.24, 2.45) is 0 Å². The van der Waals surface area contributed by atoms with Gasteiger partial charge in [-0.2, -0.15) is 0 Å². The Morgan fingerprint density at radius 3 is 2.31 bits per heavy atom. The van der Waals surface area contributed by atoms with Crippen LogP contribution in [0.4, 0.5) is 15.6 Å². The van der Waals surface area contributed by atoms with E-state index in [1.54, 1.807) is 19.2 Å². The van der Waals surface area contributed by atoms with Gasteiger partial charge in [0.1, 0.15) is 5.75 Å². The normalized spacial score (nSPS) is 11.1. The zero-order valence-electron chi connectivity index (χ0n) is 18.1. The predicted octanol–water partition coefficient (Wildman–Crippen LogP) is 4.78.